The van der Waals surface area contributed by atoms with Crippen LogP contribution in [-0.4, -0.2) is 20.9 Å². The van der Waals surface area contributed by atoms with Crippen LogP contribution in [0.15, 0.2) is 39.7 Å². The minimum absolute atomic E-state index is 0.0371. The molecular weight excluding hydrogens is 435 g/mol. The number of nitrogens with one attached hydrogen (secondary N) is 1. The van der Waals surface area contributed by atoms with Crippen molar-refractivity contribution in [1.29, 1.82) is 0 Å². The molecule has 1 amide bonds. The normalized spacial score (nSPS) is 13.7. The molecule has 1 aliphatic heterocycles. The Bertz CT molecular complexity index is 982. The fraction of sp³-hybridized carbons (Fsp3) is 0.188. The number of hydrogen-bond donors (Lipinski definition) is 1. The molecule has 1 N–H and O–H groups in total. The van der Waals surface area contributed by atoms with E-state index in [-0.39, 0.29) is 21.5 Å². The number of halogens is 3. The average molecular weight is 448 g/mol. The minimum Gasteiger partial charge on any atom is -0.311 e. The van der Waals surface area contributed by atoms with Crippen molar-refractivity contribution in [1.82, 2.24) is 0 Å². The van der Waals surface area contributed by atoms with Gasteiger partial charge in [-0.2, -0.15) is 0 Å². The molecule has 132 valence electrons. The van der Waals surface area contributed by atoms with Gasteiger partial charge >= 0.3 is 0 Å². The first-order valence-electron chi connectivity index (χ1n) is 7.27. The summed E-state index contributed by atoms with van der Waals surface area (Å²) in [7, 11) is -4.04. The molecule has 9 heteroatoms. The zero-order valence-corrected chi connectivity index (χ0v) is 16.2. The molecule has 0 bridgehead atoms. The number of carbonyl (C=O) groups excluding carboxylic acids is 1. The molecule has 0 spiro atoms. The fourth-order valence-corrected chi connectivity index (χ4v) is 5.04. The van der Waals surface area contributed by atoms with Crippen molar-refractivity contribution < 1.29 is 17.6 Å². The molecule has 0 radical (unpaired) electrons. The Kier molecular flexibility index (Phi) is 4.78. The fourth-order valence-electron chi connectivity index (χ4n) is 2.76. The summed E-state index contributed by atoms with van der Waals surface area (Å²) < 4.78 is 41.9. The summed E-state index contributed by atoms with van der Waals surface area (Å²) >= 11 is 9.21. The Labute approximate surface area is 158 Å². The van der Waals surface area contributed by atoms with Gasteiger partial charge in [-0.25, -0.2) is 12.8 Å². The van der Waals surface area contributed by atoms with Crippen LogP contribution in [0.4, 0.5) is 15.8 Å². The second kappa shape index (κ2) is 6.59. The van der Waals surface area contributed by atoms with Gasteiger partial charge in [-0.3, -0.25) is 9.52 Å². The van der Waals surface area contributed by atoms with Crippen LogP contribution in [0.3, 0.4) is 0 Å². The maximum Gasteiger partial charge on any atom is 0.264 e. The lowest BCUT2D eigenvalue weighted by atomic mass is 10.2. The quantitative estimate of drug-likeness (QED) is 0.775. The second-order valence-electron chi connectivity index (χ2n) is 5.56. The number of rotatable bonds is 3. The summed E-state index contributed by atoms with van der Waals surface area (Å²) in [4.78, 5) is 13.3. The molecule has 2 aromatic carbocycles. The van der Waals surface area contributed by atoms with E-state index in [2.05, 4.69) is 20.7 Å². The standard InChI is InChI=1S/C16H13BrClFN2O3S/c1-9(22)21-5-4-10-6-11(17)7-15(16(10)21)25(23,24)20-14-3-2-12(19)8-13(14)18/h2-3,6-8,20H,4-5H2,1H3. The number of sulfonamides is 1. The number of benzene rings is 2. The SMILES string of the molecule is CC(=O)N1CCc2cc(Br)cc(S(=O)(=O)Nc3ccc(F)cc3Cl)c21. The number of nitrogens with zero attached hydrogens (tertiary/aromatic N) is 1. The highest BCUT2D eigenvalue weighted by Crippen LogP contribution is 2.38. The van der Waals surface area contributed by atoms with Crippen LogP contribution >= 0.6 is 27.5 Å². The number of hydrogen-bond acceptors (Lipinski definition) is 3. The van der Waals surface area contributed by atoms with Gasteiger partial charge in [-0.1, -0.05) is 27.5 Å². The van der Waals surface area contributed by atoms with Crippen LogP contribution in [0.1, 0.15) is 12.5 Å². The summed E-state index contributed by atoms with van der Waals surface area (Å²) in [6, 6.07) is 6.60. The van der Waals surface area contributed by atoms with Crippen molar-refractivity contribution in [2.24, 2.45) is 0 Å². The third-order valence-corrected chi connectivity index (χ3v) is 5.99. The van der Waals surface area contributed by atoms with Gasteiger partial charge in [-0.15, -0.1) is 0 Å². The first-order chi connectivity index (χ1) is 11.7. The third kappa shape index (κ3) is 3.51. The van der Waals surface area contributed by atoms with E-state index in [1.807, 2.05) is 0 Å². The van der Waals surface area contributed by atoms with Crippen molar-refractivity contribution in [3.8, 4) is 0 Å². The molecule has 2 aromatic rings. The van der Waals surface area contributed by atoms with Gasteiger partial charge in [-0.05, 0) is 42.3 Å². The molecule has 3 rings (SSSR count). The van der Waals surface area contributed by atoms with Crippen LogP contribution in [0, 0.1) is 5.82 Å². The largest absolute Gasteiger partial charge is 0.311 e. The first-order valence-corrected chi connectivity index (χ1v) is 9.93. The molecule has 0 aromatic heterocycles. The first kappa shape index (κ1) is 18.2. The Balaban J connectivity index is 2.10. The van der Waals surface area contributed by atoms with Crippen molar-refractivity contribution in [2.45, 2.75) is 18.2 Å². The predicted octanol–water partition coefficient (Wildman–Crippen LogP) is 3.95. The zero-order valence-electron chi connectivity index (χ0n) is 13.0. The summed E-state index contributed by atoms with van der Waals surface area (Å²) in [6.45, 7) is 1.80. The molecule has 0 aliphatic carbocycles. The van der Waals surface area contributed by atoms with Crippen molar-refractivity contribution >= 4 is 54.8 Å². The van der Waals surface area contributed by atoms with Crippen LogP contribution in [0.2, 0.25) is 5.02 Å². The Morgan fingerprint density at radius 1 is 1.32 bits per heavy atom. The monoisotopic (exact) mass is 446 g/mol. The van der Waals surface area contributed by atoms with Gasteiger partial charge in [0.15, 0.2) is 0 Å². The lowest BCUT2D eigenvalue weighted by Crippen LogP contribution is -2.28. The number of amides is 1. The van der Waals surface area contributed by atoms with Gasteiger partial charge in [0.25, 0.3) is 10.0 Å². The number of carbonyl (C=O) groups is 1. The van der Waals surface area contributed by atoms with E-state index in [1.54, 1.807) is 6.07 Å². The maximum atomic E-state index is 13.2. The van der Waals surface area contributed by atoms with E-state index in [4.69, 9.17) is 11.6 Å². The smallest absolute Gasteiger partial charge is 0.264 e. The second-order valence-corrected chi connectivity index (χ2v) is 8.54. The molecular formula is C16H13BrClFN2O3S. The summed E-state index contributed by atoms with van der Waals surface area (Å²) in [5.74, 6) is -0.809. The Hall–Kier alpha value is -1.64. The highest BCUT2D eigenvalue weighted by Gasteiger charge is 2.31. The van der Waals surface area contributed by atoms with E-state index in [9.17, 15) is 17.6 Å². The zero-order chi connectivity index (χ0) is 18.4. The molecule has 0 saturated carbocycles. The molecule has 1 aliphatic rings. The summed E-state index contributed by atoms with van der Waals surface area (Å²) in [6.07, 6.45) is 0.564. The van der Waals surface area contributed by atoms with E-state index < -0.39 is 15.8 Å². The van der Waals surface area contributed by atoms with Crippen LogP contribution in [0.25, 0.3) is 0 Å². The van der Waals surface area contributed by atoms with Gasteiger partial charge in [0.05, 0.1) is 16.4 Å². The van der Waals surface area contributed by atoms with Crippen LogP contribution in [0.5, 0.6) is 0 Å². The average Bonchev–Trinajstić information content (AvgIpc) is 2.93. The maximum absolute atomic E-state index is 13.2. The molecule has 0 saturated heterocycles. The van der Waals surface area contributed by atoms with Crippen molar-refractivity contribution in [2.75, 3.05) is 16.2 Å². The lowest BCUT2D eigenvalue weighted by Gasteiger charge is -2.20. The van der Waals surface area contributed by atoms with Gasteiger partial charge in [0.1, 0.15) is 10.7 Å². The van der Waals surface area contributed by atoms with E-state index >= 15 is 0 Å². The van der Waals surface area contributed by atoms with Crippen molar-refractivity contribution in [3.05, 3.63) is 51.2 Å². The molecule has 0 unspecified atom stereocenters. The van der Waals surface area contributed by atoms with E-state index in [0.29, 0.717) is 23.1 Å². The molecule has 5 nitrogen and oxygen atoms in total. The van der Waals surface area contributed by atoms with Gasteiger partial charge < -0.3 is 4.90 Å². The lowest BCUT2D eigenvalue weighted by molar-refractivity contribution is -0.116. The summed E-state index contributed by atoms with van der Waals surface area (Å²) in [5, 5.41) is -0.0568. The number of fused-ring (bicyclic) bond motifs is 1. The topological polar surface area (TPSA) is 66.5 Å². The Morgan fingerprint density at radius 3 is 2.68 bits per heavy atom. The molecule has 0 fully saturated rings. The molecule has 0 atom stereocenters. The van der Waals surface area contributed by atoms with Crippen LogP contribution in [-0.2, 0) is 21.2 Å². The Morgan fingerprint density at radius 2 is 2.04 bits per heavy atom. The van der Waals surface area contributed by atoms with Gasteiger partial charge in [0.2, 0.25) is 5.91 Å². The predicted molar refractivity (Wildman–Crippen MR) is 98.1 cm³/mol. The highest BCUT2D eigenvalue weighted by atomic mass is 79.9. The molecule has 25 heavy (non-hydrogen) atoms. The van der Waals surface area contributed by atoms with Gasteiger partial charge in [0, 0.05) is 17.9 Å². The summed E-state index contributed by atoms with van der Waals surface area (Å²) in [5.41, 5.74) is 1.18. The van der Waals surface area contributed by atoms with Crippen molar-refractivity contribution in [3.63, 3.8) is 0 Å². The van der Waals surface area contributed by atoms with Crippen LogP contribution < -0.4 is 9.62 Å². The third-order valence-electron chi connectivity index (χ3n) is 3.84. The molecule has 1 heterocycles. The highest BCUT2D eigenvalue weighted by molar-refractivity contribution is 9.10. The van der Waals surface area contributed by atoms with E-state index in [0.717, 1.165) is 17.7 Å². The number of anilines is 2. The minimum atomic E-state index is -4.04. The van der Waals surface area contributed by atoms with E-state index in [1.165, 1.54) is 24.0 Å².